The Balaban J connectivity index is 1.97. The van der Waals surface area contributed by atoms with Gasteiger partial charge in [-0.1, -0.05) is 0 Å². The van der Waals surface area contributed by atoms with E-state index in [4.69, 9.17) is 9.52 Å². The van der Waals surface area contributed by atoms with E-state index in [9.17, 15) is 0 Å². The molecule has 0 unspecified atom stereocenters. The van der Waals surface area contributed by atoms with E-state index in [2.05, 4.69) is 15.0 Å². The van der Waals surface area contributed by atoms with Gasteiger partial charge < -0.3 is 9.52 Å². The van der Waals surface area contributed by atoms with Gasteiger partial charge in [-0.3, -0.25) is 0 Å². The van der Waals surface area contributed by atoms with Crippen LogP contribution < -0.4 is 0 Å². The lowest BCUT2D eigenvalue weighted by atomic mass is 10.3. The van der Waals surface area contributed by atoms with E-state index >= 15 is 0 Å². The van der Waals surface area contributed by atoms with Crippen molar-refractivity contribution in [3.8, 4) is 0 Å². The van der Waals surface area contributed by atoms with Crippen molar-refractivity contribution in [1.29, 1.82) is 0 Å². The average molecular weight is 237 g/mol. The van der Waals surface area contributed by atoms with Crippen molar-refractivity contribution in [2.45, 2.75) is 23.2 Å². The fraction of sp³-hybridized carbons (Fsp3) is 0.300. The van der Waals surface area contributed by atoms with Gasteiger partial charge >= 0.3 is 0 Å². The number of hydrogen-bond acceptors (Lipinski definition) is 6. The van der Waals surface area contributed by atoms with Crippen molar-refractivity contribution >= 4 is 11.8 Å². The normalized spacial score (nSPS) is 10.6. The predicted molar refractivity (Wildman–Crippen MR) is 58.1 cm³/mol. The van der Waals surface area contributed by atoms with Crippen molar-refractivity contribution in [2.24, 2.45) is 0 Å². The fourth-order valence-corrected chi connectivity index (χ4v) is 1.76. The van der Waals surface area contributed by atoms with Crippen molar-refractivity contribution in [1.82, 2.24) is 15.0 Å². The summed E-state index contributed by atoms with van der Waals surface area (Å²) in [4.78, 5) is 12.2. The standard InChI is InChI=1S/C10H11N3O2S/c14-6-1-3-8-7-13-10(15-8)16-9-11-4-2-5-12-9/h2,4-5,7,14H,1,3,6H2. The molecule has 5 nitrogen and oxygen atoms in total. The van der Waals surface area contributed by atoms with Crippen molar-refractivity contribution in [3.05, 3.63) is 30.4 Å². The highest BCUT2D eigenvalue weighted by molar-refractivity contribution is 7.98. The highest BCUT2D eigenvalue weighted by Crippen LogP contribution is 2.23. The number of rotatable bonds is 5. The van der Waals surface area contributed by atoms with E-state index in [1.807, 2.05) is 0 Å². The summed E-state index contributed by atoms with van der Waals surface area (Å²) in [7, 11) is 0. The first-order valence-corrected chi connectivity index (χ1v) is 5.70. The molecule has 6 heteroatoms. The zero-order valence-corrected chi connectivity index (χ0v) is 9.35. The maximum Gasteiger partial charge on any atom is 0.263 e. The van der Waals surface area contributed by atoms with Crippen LogP contribution in [0.2, 0.25) is 0 Å². The molecule has 0 bridgehead atoms. The van der Waals surface area contributed by atoms with Crippen molar-refractivity contribution in [2.75, 3.05) is 6.61 Å². The summed E-state index contributed by atoms with van der Waals surface area (Å²) >= 11 is 1.28. The second-order valence-electron chi connectivity index (χ2n) is 3.05. The highest BCUT2D eigenvalue weighted by atomic mass is 32.2. The molecule has 0 radical (unpaired) electrons. The Bertz CT molecular complexity index is 433. The summed E-state index contributed by atoms with van der Waals surface area (Å²) in [6.45, 7) is 0.158. The molecule has 0 atom stereocenters. The third kappa shape index (κ3) is 3.04. The number of aliphatic hydroxyl groups excluding tert-OH is 1. The molecule has 0 aliphatic carbocycles. The van der Waals surface area contributed by atoms with Crippen molar-refractivity contribution in [3.63, 3.8) is 0 Å². The maximum absolute atomic E-state index is 8.68. The van der Waals surface area contributed by atoms with Crippen LogP contribution in [-0.4, -0.2) is 26.7 Å². The zero-order chi connectivity index (χ0) is 11.2. The van der Waals surface area contributed by atoms with Crippen LogP contribution in [0.15, 0.2) is 39.5 Å². The molecule has 16 heavy (non-hydrogen) atoms. The third-order valence-corrected chi connectivity index (χ3v) is 2.59. The monoisotopic (exact) mass is 237 g/mol. The minimum atomic E-state index is 0.158. The molecule has 0 fully saturated rings. The molecule has 1 N–H and O–H groups in total. The Labute approximate surface area is 97.0 Å². The molecule has 2 aromatic heterocycles. The maximum atomic E-state index is 8.68. The van der Waals surface area contributed by atoms with Gasteiger partial charge in [-0.15, -0.1) is 0 Å². The molecule has 0 spiro atoms. The topological polar surface area (TPSA) is 72.0 Å². The van der Waals surface area contributed by atoms with E-state index < -0.39 is 0 Å². The minimum absolute atomic E-state index is 0.158. The van der Waals surface area contributed by atoms with Gasteiger partial charge in [0.1, 0.15) is 5.76 Å². The lowest BCUT2D eigenvalue weighted by Crippen LogP contribution is -1.86. The Morgan fingerprint density at radius 1 is 1.25 bits per heavy atom. The molecule has 0 aromatic carbocycles. The van der Waals surface area contributed by atoms with Crippen LogP contribution in [0, 0.1) is 0 Å². The Morgan fingerprint density at radius 3 is 2.81 bits per heavy atom. The van der Waals surface area contributed by atoms with Crippen molar-refractivity contribution < 1.29 is 9.52 Å². The van der Waals surface area contributed by atoms with Crippen LogP contribution >= 0.6 is 11.8 Å². The third-order valence-electron chi connectivity index (χ3n) is 1.83. The number of aryl methyl sites for hydroxylation is 1. The van der Waals surface area contributed by atoms with Gasteiger partial charge in [-0.2, -0.15) is 0 Å². The van der Waals surface area contributed by atoms with E-state index in [-0.39, 0.29) is 6.61 Å². The van der Waals surface area contributed by atoms with Gasteiger partial charge in [0, 0.05) is 37.2 Å². The Kier molecular flexibility index (Phi) is 3.90. The van der Waals surface area contributed by atoms with E-state index in [1.54, 1.807) is 24.7 Å². The van der Waals surface area contributed by atoms with Gasteiger partial charge in [-0.05, 0) is 12.5 Å². The molecular weight excluding hydrogens is 226 g/mol. The van der Waals surface area contributed by atoms with E-state index in [1.165, 1.54) is 11.8 Å². The van der Waals surface area contributed by atoms with Crippen LogP contribution in [0.5, 0.6) is 0 Å². The van der Waals surface area contributed by atoms with Gasteiger partial charge in [0.15, 0.2) is 5.16 Å². The summed E-state index contributed by atoms with van der Waals surface area (Å²) in [5, 5.41) is 9.82. The first kappa shape index (κ1) is 11.1. The second kappa shape index (κ2) is 5.62. The summed E-state index contributed by atoms with van der Waals surface area (Å²) in [6, 6.07) is 1.76. The largest absolute Gasteiger partial charge is 0.436 e. The van der Waals surface area contributed by atoms with Crippen LogP contribution in [0.1, 0.15) is 12.2 Å². The molecule has 0 aliphatic rings. The molecule has 84 valence electrons. The molecule has 0 aliphatic heterocycles. The quantitative estimate of drug-likeness (QED) is 0.795. The smallest absolute Gasteiger partial charge is 0.263 e. The Morgan fingerprint density at radius 2 is 2.06 bits per heavy atom. The van der Waals surface area contributed by atoms with Crippen LogP contribution in [0.25, 0.3) is 0 Å². The van der Waals surface area contributed by atoms with Gasteiger partial charge in [-0.25, -0.2) is 15.0 Å². The SMILES string of the molecule is OCCCc1cnc(Sc2ncccn2)o1. The second-order valence-corrected chi connectivity index (χ2v) is 3.97. The molecule has 2 heterocycles. The fourth-order valence-electron chi connectivity index (χ4n) is 1.12. The molecule has 2 rings (SSSR count). The molecule has 0 amide bonds. The van der Waals surface area contributed by atoms with E-state index in [0.717, 1.165) is 5.76 Å². The number of aromatic nitrogens is 3. The zero-order valence-electron chi connectivity index (χ0n) is 8.54. The molecule has 0 saturated heterocycles. The average Bonchev–Trinajstić information content (AvgIpc) is 2.75. The molecule has 0 saturated carbocycles. The lowest BCUT2D eigenvalue weighted by Gasteiger charge is -1.93. The van der Waals surface area contributed by atoms with Crippen LogP contribution in [0.3, 0.4) is 0 Å². The Hall–Kier alpha value is -1.40. The first-order chi connectivity index (χ1) is 7.88. The van der Waals surface area contributed by atoms with Crippen LogP contribution in [0.4, 0.5) is 0 Å². The number of hydrogen-bond donors (Lipinski definition) is 1. The summed E-state index contributed by atoms with van der Waals surface area (Å²) in [5.41, 5.74) is 0. The van der Waals surface area contributed by atoms with Gasteiger partial charge in [0.25, 0.3) is 5.22 Å². The van der Waals surface area contributed by atoms with Gasteiger partial charge in [0.05, 0.1) is 6.20 Å². The van der Waals surface area contributed by atoms with Crippen LogP contribution in [-0.2, 0) is 6.42 Å². The molecule has 2 aromatic rings. The summed E-state index contributed by atoms with van der Waals surface area (Å²) < 4.78 is 5.45. The van der Waals surface area contributed by atoms with E-state index in [0.29, 0.717) is 23.2 Å². The summed E-state index contributed by atoms with van der Waals surface area (Å²) in [6.07, 6.45) is 6.39. The summed E-state index contributed by atoms with van der Waals surface area (Å²) in [5.74, 6) is 0.771. The first-order valence-electron chi connectivity index (χ1n) is 4.89. The predicted octanol–water partition coefficient (Wildman–Crippen LogP) is 1.54. The lowest BCUT2D eigenvalue weighted by molar-refractivity contribution is 0.282. The number of aliphatic hydroxyl groups is 1. The highest BCUT2D eigenvalue weighted by Gasteiger charge is 2.07. The van der Waals surface area contributed by atoms with Gasteiger partial charge in [0.2, 0.25) is 0 Å². The number of oxazole rings is 1. The number of nitrogens with zero attached hydrogens (tertiary/aromatic N) is 3. The minimum Gasteiger partial charge on any atom is -0.436 e. The molecular formula is C10H11N3O2S.